The number of carbonyl (C=O) groups is 1. The molecule has 2 rings (SSSR count). The molecule has 0 aliphatic rings. The maximum Gasteiger partial charge on any atom is 0.243 e. The summed E-state index contributed by atoms with van der Waals surface area (Å²) in [5.41, 5.74) is 2.45. The van der Waals surface area contributed by atoms with E-state index in [1.54, 1.807) is 18.2 Å². The molecule has 0 atom stereocenters. The molecule has 0 saturated heterocycles. The van der Waals surface area contributed by atoms with Crippen LogP contribution in [-0.4, -0.2) is 26.5 Å². The second-order valence-electron chi connectivity index (χ2n) is 4.97. The van der Waals surface area contributed by atoms with Crippen LogP contribution in [0.3, 0.4) is 0 Å². The first-order valence-electron chi connectivity index (χ1n) is 6.72. The monoisotopic (exact) mass is 337 g/mol. The van der Waals surface area contributed by atoms with E-state index in [1.807, 2.05) is 43.3 Å². The fourth-order valence-electron chi connectivity index (χ4n) is 1.86. The lowest BCUT2D eigenvalue weighted by atomic mass is 10.2. The molecule has 0 fully saturated rings. The van der Waals surface area contributed by atoms with Gasteiger partial charge in [0.2, 0.25) is 5.91 Å². The van der Waals surface area contributed by atoms with Crippen LogP contribution >= 0.6 is 23.2 Å². The summed E-state index contributed by atoms with van der Waals surface area (Å²) in [6, 6.07) is 12.7. The van der Waals surface area contributed by atoms with E-state index >= 15 is 0 Å². The Morgan fingerprint density at radius 1 is 1.09 bits per heavy atom. The molecule has 0 spiro atoms. The highest BCUT2D eigenvalue weighted by molar-refractivity contribution is 6.35. The summed E-state index contributed by atoms with van der Waals surface area (Å²) in [7, 11) is 3.93. The molecule has 22 heavy (non-hydrogen) atoms. The van der Waals surface area contributed by atoms with E-state index in [0.717, 1.165) is 11.4 Å². The molecule has 0 radical (unpaired) electrons. The van der Waals surface area contributed by atoms with Crippen LogP contribution in [0.2, 0.25) is 10.0 Å². The Kier molecular flexibility index (Phi) is 5.52. The Morgan fingerprint density at radius 2 is 1.77 bits per heavy atom. The summed E-state index contributed by atoms with van der Waals surface area (Å²) in [5, 5.41) is 6.87. The van der Waals surface area contributed by atoms with Gasteiger partial charge in [-0.15, -0.1) is 0 Å². The van der Waals surface area contributed by atoms with Crippen molar-refractivity contribution in [2.45, 2.75) is 0 Å². The number of hydrogen-bond acceptors (Lipinski definition) is 3. The van der Waals surface area contributed by atoms with Crippen molar-refractivity contribution in [2.75, 3.05) is 36.2 Å². The van der Waals surface area contributed by atoms with Crippen LogP contribution in [0.25, 0.3) is 0 Å². The number of hydrogen-bond donors (Lipinski definition) is 2. The Morgan fingerprint density at radius 3 is 2.41 bits per heavy atom. The van der Waals surface area contributed by atoms with Gasteiger partial charge in [-0.25, -0.2) is 0 Å². The lowest BCUT2D eigenvalue weighted by Crippen LogP contribution is -2.21. The maximum absolute atomic E-state index is 11.9. The zero-order valence-corrected chi connectivity index (χ0v) is 13.9. The van der Waals surface area contributed by atoms with Crippen molar-refractivity contribution in [3.05, 3.63) is 52.5 Å². The summed E-state index contributed by atoms with van der Waals surface area (Å²) in [6.45, 7) is 0.107. The lowest BCUT2D eigenvalue weighted by Gasteiger charge is -2.13. The van der Waals surface area contributed by atoms with Crippen LogP contribution in [0, 0.1) is 0 Å². The molecule has 0 heterocycles. The Labute approximate surface area is 140 Å². The van der Waals surface area contributed by atoms with Crippen LogP contribution in [0.5, 0.6) is 0 Å². The molecule has 6 heteroatoms. The van der Waals surface area contributed by atoms with Crippen molar-refractivity contribution in [3.8, 4) is 0 Å². The summed E-state index contributed by atoms with van der Waals surface area (Å²) in [5.74, 6) is -0.159. The number of rotatable bonds is 5. The first kappa shape index (κ1) is 16.5. The zero-order chi connectivity index (χ0) is 16.1. The summed E-state index contributed by atoms with van der Waals surface area (Å²) in [4.78, 5) is 13.9. The molecule has 4 nitrogen and oxygen atoms in total. The van der Waals surface area contributed by atoms with E-state index in [4.69, 9.17) is 23.2 Å². The Hall–Kier alpha value is -1.91. The summed E-state index contributed by atoms with van der Waals surface area (Å²) >= 11 is 11.9. The summed E-state index contributed by atoms with van der Waals surface area (Å²) in [6.07, 6.45) is 0. The van der Waals surface area contributed by atoms with Gasteiger partial charge in [-0.1, -0.05) is 23.2 Å². The highest BCUT2D eigenvalue weighted by atomic mass is 35.5. The number of amides is 1. The molecular weight excluding hydrogens is 321 g/mol. The van der Waals surface area contributed by atoms with E-state index in [9.17, 15) is 4.79 Å². The molecule has 0 aliphatic carbocycles. The van der Waals surface area contributed by atoms with Gasteiger partial charge in [0.1, 0.15) is 0 Å². The minimum Gasteiger partial charge on any atom is -0.378 e. The molecule has 2 aromatic carbocycles. The van der Waals surface area contributed by atoms with Crippen LogP contribution in [-0.2, 0) is 4.79 Å². The SMILES string of the molecule is CN(C)c1ccc(NC(=O)CNc2cc(Cl)ccc2Cl)cc1. The van der Waals surface area contributed by atoms with Crippen LogP contribution < -0.4 is 15.5 Å². The molecule has 0 bridgehead atoms. The van der Waals surface area contributed by atoms with Crippen molar-refractivity contribution in [1.82, 2.24) is 0 Å². The van der Waals surface area contributed by atoms with Gasteiger partial charge in [0.25, 0.3) is 0 Å². The number of anilines is 3. The Bertz CT molecular complexity index is 657. The topological polar surface area (TPSA) is 44.4 Å². The Balaban J connectivity index is 1.91. The van der Waals surface area contributed by atoms with E-state index < -0.39 is 0 Å². The van der Waals surface area contributed by atoms with Gasteiger partial charge in [-0.3, -0.25) is 4.79 Å². The highest BCUT2D eigenvalue weighted by Crippen LogP contribution is 2.25. The first-order valence-corrected chi connectivity index (χ1v) is 7.47. The quantitative estimate of drug-likeness (QED) is 0.862. The molecule has 0 unspecified atom stereocenters. The van der Waals surface area contributed by atoms with Gasteiger partial charge in [-0.05, 0) is 42.5 Å². The third-order valence-electron chi connectivity index (χ3n) is 3.04. The fourth-order valence-corrected chi connectivity index (χ4v) is 2.21. The molecule has 1 amide bonds. The molecule has 2 aromatic rings. The fraction of sp³-hybridized carbons (Fsp3) is 0.188. The van der Waals surface area contributed by atoms with Crippen LogP contribution in [0.15, 0.2) is 42.5 Å². The predicted octanol–water partition coefficient (Wildman–Crippen LogP) is 4.11. The van der Waals surface area contributed by atoms with Gasteiger partial charge in [-0.2, -0.15) is 0 Å². The molecule has 0 aromatic heterocycles. The third kappa shape index (κ3) is 4.55. The molecule has 0 aliphatic heterocycles. The van der Waals surface area contributed by atoms with Crippen molar-refractivity contribution in [1.29, 1.82) is 0 Å². The first-order chi connectivity index (χ1) is 10.5. The molecular formula is C16H17Cl2N3O. The lowest BCUT2D eigenvalue weighted by molar-refractivity contribution is -0.114. The van der Waals surface area contributed by atoms with Gasteiger partial charge in [0.15, 0.2) is 0 Å². The molecule has 116 valence electrons. The van der Waals surface area contributed by atoms with Crippen LogP contribution in [0.1, 0.15) is 0 Å². The average Bonchev–Trinajstić information content (AvgIpc) is 2.49. The van der Waals surface area contributed by atoms with E-state index in [1.165, 1.54) is 0 Å². The number of nitrogens with one attached hydrogen (secondary N) is 2. The van der Waals surface area contributed by atoms with Gasteiger partial charge in [0.05, 0.1) is 17.3 Å². The number of halogens is 2. The van der Waals surface area contributed by atoms with Gasteiger partial charge < -0.3 is 15.5 Å². The van der Waals surface area contributed by atoms with Crippen LogP contribution in [0.4, 0.5) is 17.1 Å². The van der Waals surface area contributed by atoms with Gasteiger partial charge in [0, 0.05) is 30.5 Å². The predicted molar refractivity (Wildman–Crippen MR) is 94.4 cm³/mol. The van der Waals surface area contributed by atoms with Crippen molar-refractivity contribution < 1.29 is 4.79 Å². The van der Waals surface area contributed by atoms with E-state index in [-0.39, 0.29) is 12.5 Å². The standard InChI is InChI=1S/C16H17Cl2N3O/c1-21(2)13-6-4-12(5-7-13)20-16(22)10-19-15-9-11(17)3-8-14(15)18/h3-9,19H,10H2,1-2H3,(H,20,22). The van der Waals surface area contributed by atoms with Gasteiger partial charge >= 0.3 is 0 Å². The van der Waals surface area contributed by atoms with E-state index in [0.29, 0.717) is 15.7 Å². The van der Waals surface area contributed by atoms with Crippen molar-refractivity contribution >= 4 is 46.2 Å². The summed E-state index contributed by atoms with van der Waals surface area (Å²) < 4.78 is 0. The normalized spacial score (nSPS) is 10.2. The average molecular weight is 338 g/mol. The number of benzene rings is 2. The maximum atomic E-state index is 11.9. The number of carbonyl (C=O) groups excluding carboxylic acids is 1. The smallest absolute Gasteiger partial charge is 0.243 e. The second-order valence-corrected chi connectivity index (χ2v) is 5.81. The van der Waals surface area contributed by atoms with E-state index in [2.05, 4.69) is 10.6 Å². The largest absolute Gasteiger partial charge is 0.378 e. The van der Waals surface area contributed by atoms with Crippen molar-refractivity contribution in [3.63, 3.8) is 0 Å². The zero-order valence-electron chi connectivity index (χ0n) is 12.4. The molecule has 0 saturated carbocycles. The third-order valence-corrected chi connectivity index (χ3v) is 3.60. The minimum atomic E-state index is -0.159. The minimum absolute atomic E-state index is 0.107. The van der Waals surface area contributed by atoms with Crippen molar-refractivity contribution in [2.24, 2.45) is 0 Å². The molecule has 2 N–H and O–H groups in total. The highest BCUT2D eigenvalue weighted by Gasteiger charge is 2.05. The second kappa shape index (κ2) is 7.38. The number of nitrogens with zero attached hydrogens (tertiary/aromatic N) is 1.